The van der Waals surface area contributed by atoms with Crippen LogP contribution in [0.5, 0.6) is 23.1 Å². The number of nitrogens with zero attached hydrogens (tertiary/aromatic N) is 6. The molecule has 73 heavy (non-hydrogen) atoms. The zero-order chi connectivity index (χ0) is 50.6. The lowest BCUT2D eigenvalue weighted by atomic mass is 9.82. The second kappa shape index (κ2) is 23.1. The molecule has 3 aromatic carbocycles. The molecule has 2 saturated heterocycles. The van der Waals surface area contributed by atoms with E-state index in [1.807, 2.05) is 19.9 Å². The van der Waals surface area contributed by atoms with Crippen LogP contribution in [0.4, 0.5) is 4.39 Å². The molecule has 5 aliphatic rings. The molecule has 386 valence electrons. The summed E-state index contributed by atoms with van der Waals surface area (Å²) in [5, 5.41) is 12.0. The minimum absolute atomic E-state index is 0.00415. The van der Waals surface area contributed by atoms with Crippen molar-refractivity contribution in [3.05, 3.63) is 105 Å². The van der Waals surface area contributed by atoms with Crippen molar-refractivity contribution in [2.45, 2.75) is 76.8 Å². The fourth-order valence-corrected chi connectivity index (χ4v) is 11.8. The zero-order valence-electron chi connectivity index (χ0n) is 41.1. The van der Waals surface area contributed by atoms with Gasteiger partial charge in [-0.05, 0) is 111 Å². The van der Waals surface area contributed by atoms with Gasteiger partial charge in [0, 0.05) is 73.9 Å². The van der Waals surface area contributed by atoms with Crippen molar-refractivity contribution in [3.8, 4) is 44.7 Å². The lowest BCUT2D eigenvalue weighted by Crippen LogP contribution is -2.49. The fourth-order valence-electron chi connectivity index (χ4n) is 10.1. The number of fused-ring (bicyclic) bond motifs is 7. The summed E-state index contributed by atoms with van der Waals surface area (Å²) in [4.78, 5) is 38.1. The van der Waals surface area contributed by atoms with Gasteiger partial charge in [0.05, 0.1) is 47.6 Å². The highest BCUT2D eigenvalue weighted by molar-refractivity contribution is 7.22. The maximum absolute atomic E-state index is 14.4. The van der Waals surface area contributed by atoms with E-state index in [-0.39, 0.29) is 37.5 Å². The summed E-state index contributed by atoms with van der Waals surface area (Å²) in [6.07, 6.45) is 4.92. The Morgan fingerprint density at radius 1 is 0.890 bits per heavy atom. The molecule has 19 heteroatoms. The molecule has 0 amide bonds. The molecule has 1 aliphatic carbocycles. The normalized spacial score (nSPS) is 22.0. The summed E-state index contributed by atoms with van der Waals surface area (Å²) in [5.74, 6) is 1.10. The molecule has 7 heterocycles. The third-order valence-electron chi connectivity index (χ3n) is 14.2. The van der Waals surface area contributed by atoms with Crippen LogP contribution in [-0.2, 0) is 32.0 Å². The van der Waals surface area contributed by atoms with E-state index in [1.165, 1.54) is 29.8 Å². The average Bonchev–Trinajstić information content (AvgIpc) is 3.79. The number of carbonyl (C=O) groups is 1. The van der Waals surface area contributed by atoms with Gasteiger partial charge in [-0.25, -0.2) is 29.1 Å². The topological polar surface area (TPSA) is 160 Å². The number of thiophene rings is 1. The summed E-state index contributed by atoms with van der Waals surface area (Å²) >= 11 is 16.0. The van der Waals surface area contributed by atoms with Gasteiger partial charge in [0.25, 0.3) is 0 Å². The summed E-state index contributed by atoms with van der Waals surface area (Å²) in [5.41, 5.74) is 4.51. The van der Waals surface area contributed by atoms with E-state index < -0.39 is 24.0 Å². The molecule has 3 aromatic heterocycles. The van der Waals surface area contributed by atoms with Gasteiger partial charge in [0.2, 0.25) is 12.0 Å². The first kappa shape index (κ1) is 51.3. The predicted octanol–water partition coefficient (Wildman–Crippen LogP) is 9.62. The van der Waals surface area contributed by atoms with Crippen LogP contribution in [0.3, 0.4) is 0 Å². The van der Waals surface area contributed by atoms with Gasteiger partial charge in [-0.1, -0.05) is 35.3 Å². The van der Waals surface area contributed by atoms with Crippen LogP contribution in [-0.4, -0.2) is 139 Å². The number of hydrogen-bond donors (Lipinski definition) is 1. The molecule has 0 unspecified atom stereocenters. The molecule has 6 aromatic rings. The lowest BCUT2D eigenvalue weighted by Gasteiger charge is -2.35. The first-order valence-electron chi connectivity index (χ1n) is 24.9. The summed E-state index contributed by atoms with van der Waals surface area (Å²) in [7, 11) is 2.11. The molecular weight excluding hydrogens is 999 g/mol. The van der Waals surface area contributed by atoms with Gasteiger partial charge in [0.1, 0.15) is 59.7 Å². The van der Waals surface area contributed by atoms with Gasteiger partial charge in [-0.2, -0.15) is 0 Å². The minimum Gasteiger partial charge on any atom is -0.490 e. The number of halogens is 3. The first-order chi connectivity index (χ1) is 35.4. The molecule has 4 aliphatic heterocycles. The SMILES string of the molecule is Cc1c(Cl)c2c(Cl)c(C)c1-c1c(-c3ccc(F)cc3)sc3ncnc(c13)O[C@@H](C(=O)O)Cc1cc(ccc1OCc1ccnc(C3CCC(COC[C@@H]4COCCO4)CC3)n1)OC[C@@H](CN1CCN(C)CC1)O2. The van der Waals surface area contributed by atoms with E-state index >= 15 is 0 Å². The largest absolute Gasteiger partial charge is 0.490 e. The van der Waals surface area contributed by atoms with Crippen LogP contribution in [0.2, 0.25) is 10.0 Å². The Balaban J connectivity index is 0.968. The van der Waals surface area contributed by atoms with Crippen LogP contribution in [0, 0.1) is 25.6 Å². The Bertz CT molecular complexity index is 2880. The number of carboxylic acid groups (broad SMARTS) is 1. The third kappa shape index (κ3) is 11.8. The van der Waals surface area contributed by atoms with Gasteiger partial charge < -0.3 is 43.2 Å². The molecule has 15 nitrogen and oxygen atoms in total. The molecule has 0 spiro atoms. The summed E-state index contributed by atoms with van der Waals surface area (Å²) in [6.45, 7) is 11.0. The van der Waals surface area contributed by atoms with Crippen molar-refractivity contribution in [1.82, 2.24) is 29.7 Å². The minimum atomic E-state index is -1.46. The molecule has 3 fully saturated rings. The first-order valence-corrected chi connectivity index (χ1v) is 26.5. The van der Waals surface area contributed by atoms with Gasteiger partial charge in [0.15, 0.2) is 5.75 Å². The summed E-state index contributed by atoms with van der Waals surface area (Å²) < 4.78 is 58.2. The van der Waals surface area contributed by atoms with Crippen LogP contribution >= 0.6 is 34.5 Å². The Morgan fingerprint density at radius 2 is 1.67 bits per heavy atom. The lowest BCUT2D eigenvalue weighted by molar-refractivity contribution is -0.145. The van der Waals surface area contributed by atoms with Crippen LogP contribution in [0.1, 0.15) is 59.8 Å². The molecule has 1 N–H and O–H groups in total. The van der Waals surface area contributed by atoms with Crippen molar-refractivity contribution >= 4 is 50.7 Å². The van der Waals surface area contributed by atoms with E-state index in [4.69, 9.17) is 61.3 Å². The van der Waals surface area contributed by atoms with E-state index in [1.54, 1.807) is 36.5 Å². The number of piperazine rings is 1. The van der Waals surface area contributed by atoms with Gasteiger partial charge in [-0.15, -0.1) is 11.3 Å². The fraction of sp³-hybridized carbons (Fsp3) is 0.463. The Labute approximate surface area is 437 Å². The molecular formula is C54H59Cl2FN6O9S. The maximum atomic E-state index is 14.4. The highest BCUT2D eigenvalue weighted by Crippen LogP contribution is 2.53. The monoisotopic (exact) mass is 1060 g/mol. The average molecular weight is 1060 g/mol. The van der Waals surface area contributed by atoms with E-state index in [9.17, 15) is 14.3 Å². The van der Waals surface area contributed by atoms with Crippen molar-refractivity contribution < 1.29 is 47.4 Å². The summed E-state index contributed by atoms with van der Waals surface area (Å²) in [6, 6.07) is 13.3. The number of rotatable bonds is 12. The van der Waals surface area contributed by atoms with E-state index in [0.717, 1.165) is 57.7 Å². The van der Waals surface area contributed by atoms with Gasteiger partial charge >= 0.3 is 5.97 Å². The van der Waals surface area contributed by atoms with Crippen LogP contribution in [0.15, 0.2) is 61.1 Å². The van der Waals surface area contributed by atoms with Gasteiger partial charge in [-0.3, -0.25) is 4.90 Å². The van der Waals surface area contributed by atoms with Crippen molar-refractivity contribution in [1.29, 1.82) is 0 Å². The predicted molar refractivity (Wildman–Crippen MR) is 276 cm³/mol. The number of ether oxygens (including phenoxy) is 7. The smallest absolute Gasteiger partial charge is 0.345 e. The number of aromatic nitrogens is 4. The molecule has 0 radical (unpaired) electrons. The number of hydrogen-bond acceptors (Lipinski definition) is 15. The van der Waals surface area contributed by atoms with Crippen LogP contribution < -0.4 is 18.9 Å². The second-order valence-corrected chi connectivity index (χ2v) is 21.1. The molecule has 3 atom stereocenters. The van der Waals surface area contributed by atoms with Crippen LogP contribution in [0.25, 0.3) is 31.8 Å². The van der Waals surface area contributed by atoms with Crippen molar-refractivity contribution in [2.24, 2.45) is 5.92 Å². The van der Waals surface area contributed by atoms with E-state index in [2.05, 4.69) is 31.8 Å². The molecule has 11 rings (SSSR count). The van der Waals surface area contributed by atoms with Crippen molar-refractivity contribution in [2.75, 3.05) is 79.4 Å². The zero-order valence-corrected chi connectivity index (χ0v) is 43.4. The van der Waals surface area contributed by atoms with E-state index in [0.29, 0.717) is 127 Å². The Hall–Kier alpha value is -5.24. The molecule has 1 saturated carbocycles. The standard InChI is InChI=1S/C54H59Cl2FN6O9S/c1-31-44-32(2)48(56)49(47(31)55)71-40(24-63-18-16-62(3)17-19-63)29-69-39-12-13-42(70-26-38-14-15-58-51(61-38)35-6-4-33(5-7-35)25-67-28-41-27-66-20-21-68-41)36(22-39)23-43(54(64)65)72-52-46-45(44)50(73-53(46)60-30-59-52)34-8-10-37(57)11-9-34/h8-15,22,30,33,35,40-41,43H,4-7,16-21,23-29H2,1-3H3,(H,64,65)/t33?,35?,40-,41+,43-/m1/s1. The Morgan fingerprint density at radius 3 is 2.41 bits per heavy atom. The number of carboxylic acids is 1. The number of aliphatic carboxylic acids is 1. The second-order valence-electron chi connectivity index (χ2n) is 19.3. The Kier molecular flexibility index (Phi) is 16.2. The maximum Gasteiger partial charge on any atom is 0.345 e. The highest BCUT2D eigenvalue weighted by Gasteiger charge is 2.33. The van der Waals surface area contributed by atoms with Crippen molar-refractivity contribution in [3.63, 3.8) is 0 Å². The number of likely N-dealkylation sites (N-methyl/N-ethyl adjacent to an activating group) is 1. The highest BCUT2D eigenvalue weighted by atomic mass is 35.5. The third-order valence-corrected chi connectivity index (χ3v) is 16.3. The quantitative estimate of drug-likeness (QED) is 0.123. The molecule has 4 bridgehead atoms. The number of benzene rings is 3.